The van der Waals surface area contributed by atoms with E-state index in [1.165, 1.54) is 0 Å². The van der Waals surface area contributed by atoms with Crippen molar-refractivity contribution in [3.05, 3.63) is 36.0 Å². The Hall–Kier alpha value is -1.82. The van der Waals surface area contributed by atoms with Crippen LogP contribution in [0.15, 0.2) is 36.0 Å². The Morgan fingerprint density at radius 3 is 3.07 bits per heavy atom. The molecule has 2 aliphatic carbocycles. The second kappa shape index (κ2) is 2.85. The van der Waals surface area contributed by atoms with E-state index in [9.17, 15) is 4.79 Å². The number of amides is 1. The minimum atomic E-state index is -1.05. The average Bonchev–Trinajstić information content (AvgIpc) is 2.71. The van der Waals surface area contributed by atoms with Crippen molar-refractivity contribution in [2.75, 3.05) is 0 Å². The summed E-state index contributed by atoms with van der Waals surface area (Å²) in [5.74, 6) is -0.641. The monoisotopic (exact) mass is 186 g/mol. The lowest BCUT2D eigenvalue weighted by molar-refractivity contribution is -0.121. The maximum absolute atomic E-state index is 11.2. The lowest BCUT2D eigenvalue weighted by atomic mass is 10.0. The lowest BCUT2D eigenvalue weighted by Gasteiger charge is -1.97. The molecule has 0 aromatic rings. The number of allylic oxidation sites excluding steroid dienone is 5. The number of hydrogen-bond acceptors (Lipinski definition) is 2. The Morgan fingerprint density at radius 2 is 2.43 bits per heavy atom. The molecule has 0 radical (unpaired) electrons. The number of nitrogens with two attached hydrogens (primary N) is 1. The fraction of sp³-hybridized carbons (Fsp3) is 0.273. The van der Waals surface area contributed by atoms with Crippen LogP contribution in [0.2, 0.25) is 0 Å². The molecule has 0 aliphatic heterocycles. The highest BCUT2D eigenvalue weighted by Crippen LogP contribution is 2.59. The molecule has 0 aromatic carbocycles. The maximum Gasteiger partial charge on any atom is 0.243 e. The predicted molar refractivity (Wildman–Crippen MR) is 51.7 cm³/mol. The summed E-state index contributed by atoms with van der Waals surface area (Å²) < 4.78 is 0. The smallest absolute Gasteiger partial charge is 0.243 e. The van der Waals surface area contributed by atoms with Gasteiger partial charge in [0.05, 0.1) is 6.07 Å². The normalized spacial score (nSPS) is 41.6. The molecule has 2 atom stereocenters. The number of carbonyl (C=O) groups excluding carboxylic acids is 1. The van der Waals surface area contributed by atoms with Crippen LogP contribution in [0.25, 0.3) is 0 Å². The van der Waals surface area contributed by atoms with Gasteiger partial charge in [-0.3, -0.25) is 4.79 Å². The van der Waals surface area contributed by atoms with Gasteiger partial charge in [0.1, 0.15) is 0 Å². The van der Waals surface area contributed by atoms with Crippen molar-refractivity contribution in [3.8, 4) is 6.07 Å². The van der Waals surface area contributed by atoms with Crippen LogP contribution in [0.4, 0.5) is 0 Å². The van der Waals surface area contributed by atoms with Gasteiger partial charge in [0.25, 0.3) is 0 Å². The zero-order valence-electron chi connectivity index (χ0n) is 7.60. The van der Waals surface area contributed by atoms with Crippen LogP contribution in [0, 0.1) is 22.7 Å². The van der Waals surface area contributed by atoms with E-state index in [2.05, 4.69) is 0 Å². The molecule has 1 fully saturated rings. The quantitative estimate of drug-likeness (QED) is 0.622. The third-order valence-electron chi connectivity index (χ3n) is 2.76. The number of nitrogens with zero attached hydrogens (tertiary/aromatic N) is 1. The van der Waals surface area contributed by atoms with E-state index in [4.69, 9.17) is 11.0 Å². The summed E-state index contributed by atoms with van der Waals surface area (Å²) in [6.07, 6.45) is 10.3. The van der Waals surface area contributed by atoms with Gasteiger partial charge in [0.2, 0.25) is 5.91 Å². The second-order valence-electron chi connectivity index (χ2n) is 3.47. The van der Waals surface area contributed by atoms with Gasteiger partial charge in [-0.15, -0.1) is 0 Å². The van der Waals surface area contributed by atoms with Crippen molar-refractivity contribution in [1.29, 1.82) is 5.26 Å². The van der Waals surface area contributed by atoms with Crippen LogP contribution in [-0.2, 0) is 4.79 Å². The molecule has 3 heteroatoms. The summed E-state index contributed by atoms with van der Waals surface area (Å²) in [5, 5.41) is 9.00. The fourth-order valence-corrected chi connectivity index (χ4v) is 1.92. The van der Waals surface area contributed by atoms with Crippen LogP contribution >= 0.6 is 0 Å². The first-order chi connectivity index (χ1) is 6.73. The molecular weight excluding hydrogens is 176 g/mol. The van der Waals surface area contributed by atoms with Crippen LogP contribution in [0.1, 0.15) is 6.42 Å². The van der Waals surface area contributed by atoms with Crippen molar-refractivity contribution in [2.24, 2.45) is 17.1 Å². The molecule has 0 aromatic heterocycles. The summed E-state index contributed by atoms with van der Waals surface area (Å²) in [4.78, 5) is 11.2. The summed E-state index contributed by atoms with van der Waals surface area (Å²) in [6.45, 7) is 0. The van der Waals surface area contributed by atoms with Gasteiger partial charge < -0.3 is 5.73 Å². The SMILES string of the molecule is N#CC1(C(N)=O)/C2=C/C/C=C\C=C/C21. The number of carbonyl (C=O) groups is 1. The molecule has 0 saturated heterocycles. The van der Waals surface area contributed by atoms with Gasteiger partial charge in [-0.05, 0) is 12.0 Å². The van der Waals surface area contributed by atoms with E-state index < -0.39 is 11.3 Å². The van der Waals surface area contributed by atoms with Gasteiger partial charge >= 0.3 is 0 Å². The Labute approximate surface area is 82.2 Å². The van der Waals surface area contributed by atoms with Crippen LogP contribution < -0.4 is 5.73 Å². The number of fused-ring (bicyclic) bond motifs is 1. The highest BCUT2D eigenvalue weighted by Gasteiger charge is 2.64. The molecule has 1 saturated carbocycles. The van der Waals surface area contributed by atoms with E-state index in [0.717, 1.165) is 12.0 Å². The molecule has 14 heavy (non-hydrogen) atoms. The van der Waals surface area contributed by atoms with Crippen molar-refractivity contribution >= 4 is 5.91 Å². The Kier molecular flexibility index (Phi) is 1.78. The van der Waals surface area contributed by atoms with Gasteiger partial charge in [-0.1, -0.05) is 30.4 Å². The second-order valence-corrected chi connectivity index (χ2v) is 3.47. The third kappa shape index (κ3) is 0.942. The molecule has 0 heterocycles. The van der Waals surface area contributed by atoms with Crippen molar-refractivity contribution in [1.82, 2.24) is 0 Å². The molecule has 2 rings (SSSR count). The van der Waals surface area contributed by atoms with Gasteiger partial charge in [0, 0.05) is 5.92 Å². The van der Waals surface area contributed by atoms with Gasteiger partial charge in [0.15, 0.2) is 5.41 Å². The van der Waals surface area contributed by atoms with Crippen molar-refractivity contribution in [2.45, 2.75) is 6.42 Å². The van der Waals surface area contributed by atoms with Gasteiger partial charge in [-0.2, -0.15) is 5.26 Å². The maximum atomic E-state index is 11.2. The molecule has 2 N–H and O–H groups in total. The Balaban J connectivity index is 2.42. The van der Waals surface area contributed by atoms with Crippen LogP contribution in [0.3, 0.4) is 0 Å². The Morgan fingerprint density at radius 1 is 1.64 bits per heavy atom. The van der Waals surface area contributed by atoms with E-state index in [0.29, 0.717) is 0 Å². The van der Waals surface area contributed by atoms with Gasteiger partial charge in [-0.25, -0.2) is 0 Å². The topological polar surface area (TPSA) is 66.9 Å². The fourth-order valence-electron chi connectivity index (χ4n) is 1.92. The summed E-state index contributed by atoms with van der Waals surface area (Å²) >= 11 is 0. The highest BCUT2D eigenvalue weighted by atomic mass is 16.1. The zero-order valence-corrected chi connectivity index (χ0v) is 7.60. The largest absolute Gasteiger partial charge is 0.368 e. The lowest BCUT2D eigenvalue weighted by Crippen LogP contribution is -2.25. The number of primary amides is 1. The minimum absolute atomic E-state index is 0.102. The first-order valence-corrected chi connectivity index (χ1v) is 4.48. The standard InChI is InChI=1S/C11H10N2O/c12-7-11(10(13)14)8-5-3-1-2-4-6-9(8)11/h1-3,5-6,8H,4H2,(H2,13,14)/b2-1-,5-3-,9-6+. The Bertz CT molecular complexity index is 411. The number of nitriles is 1. The van der Waals surface area contributed by atoms with Crippen molar-refractivity contribution in [3.63, 3.8) is 0 Å². The molecule has 1 amide bonds. The number of hydrogen-bond donors (Lipinski definition) is 1. The van der Waals surface area contributed by atoms with E-state index in [1.807, 2.05) is 36.4 Å². The molecule has 2 aliphatic rings. The summed E-state index contributed by atoms with van der Waals surface area (Å²) in [6, 6.07) is 2.03. The number of rotatable bonds is 1. The summed E-state index contributed by atoms with van der Waals surface area (Å²) in [7, 11) is 0. The molecule has 0 bridgehead atoms. The average molecular weight is 186 g/mol. The third-order valence-corrected chi connectivity index (χ3v) is 2.76. The van der Waals surface area contributed by atoms with Crippen LogP contribution in [-0.4, -0.2) is 5.91 Å². The predicted octanol–water partition coefficient (Wildman–Crippen LogP) is 1.05. The molecule has 70 valence electrons. The zero-order chi connectivity index (χ0) is 10.2. The van der Waals surface area contributed by atoms with Crippen molar-refractivity contribution < 1.29 is 4.79 Å². The highest BCUT2D eigenvalue weighted by molar-refractivity contribution is 5.95. The molecule has 2 unspecified atom stereocenters. The molecular formula is C11H10N2O. The van der Waals surface area contributed by atoms with E-state index in [-0.39, 0.29) is 5.92 Å². The van der Waals surface area contributed by atoms with E-state index >= 15 is 0 Å². The molecule has 0 spiro atoms. The summed E-state index contributed by atoms with van der Waals surface area (Å²) in [5.41, 5.74) is 5.05. The first kappa shape index (κ1) is 8.76. The first-order valence-electron chi connectivity index (χ1n) is 4.48. The van der Waals surface area contributed by atoms with E-state index in [1.54, 1.807) is 0 Å². The van der Waals surface area contributed by atoms with Crippen LogP contribution in [0.5, 0.6) is 0 Å². The molecule has 3 nitrogen and oxygen atoms in total. The minimum Gasteiger partial charge on any atom is -0.368 e.